The molecule has 1 saturated heterocycles. The van der Waals surface area contributed by atoms with E-state index in [4.69, 9.17) is 10.5 Å². The van der Waals surface area contributed by atoms with E-state index in [1.807, 2.05) is 0 Å². The number of fused-ring (bicyclic) bond motifs is 1. The van der Waals surface area contributed by atoms with E-state index in [1.54, 1.807) is 18.2 Å². The smallest absolute Gasteiger partial charge is 0.344 e. The number of nitrogens with one attached hydrogen (secondary N) is 2. The Hall–Kier alpha value is -1.80. The first-order valence-electron chi connectivity index (χ1n) is 6.43. The summed E-state index contributed by atoms with van der Waals surface area (Å²) >= 11 is 0. The molecule has 2 aliphatic rings. The Bertz CT molecular complexity index is 651. The lowest BCUT2D eigenvalue weighted by atomic mass is 10.1. The maximum Gasteiger partial charge on any atom is 0.344 e. The highest BCUT2D eigenvalue weighted by molar-refractivity contribution is 7.91. The van der Waals surface area contributed by atoms with Crippen molar-refractivity contribution in [3.63, 3.8) is 0 Å². The SMILES string of the molecule is NC1=NS(=O)(=O)Nc2cccc(OC[C@H]3CCCN3)c21. The highest BCUT2D eigenvalue weighted by Gasteiger charge is 2.25. The maximum absolute atomic E-state index is 11.5. The van der Waals surface area contributed by atoms with Crippen molar-refractivity contribution in [2.75, 3.05) is 17.9 Å². The van der Waals surface area contributed by atoms with Gasteiger partial charge in [0.1, 0.15) is 12.4 Å². The van der Waals surface area contributed by atoms with Crippen molar-refractivity contribution in [3.05, 3.63) is 23.8 Å². The van der Waals surface area contributed by atoms with Crippen LogP contribution in [0.3, 0.4) is 0 Å². The van der Waals surface area contributed by atoms with E-state index < -0.39 is 10.2 Å². The van der Waals surface area contributed by atoms with E-state index in [9.17, 15) is 8.42 Å². The van der Waals surface area contributed by atoms with Gasteiger partial charge in [0.25, 0.3) is 0 Å². The van der Waals surface area contributed by atoms with Crippen molar-refractivity contribution in [1.29, 1.82) is 0 Å². The van der Waals surface area contributed by atoms with Crippen LogP contribution in [-0.2, 0) is 10.2 Å². The minimum Gasteiger partial charge on any atom is -0.491 e. The van der Waals surface area contributed by atoms with Gasteiger partial charge < -0.3 is 15.8 Å². The number of nitrogens with two attached hydrogens (primary N) is 1. The van der Waals surface area contributed by atoms with Crippen LogP contribution < -0.4 is 20.5 Å². The van der Waals surface area contributed by atoms with Crippen LogP contribution in [0.5, 0.6) is 5.75 Å². The fourth-order valence-electron chi connectivity index (χ4n) is 2.43. The van der Waals surface area contributed by atoms with Gasteiger partial charge >= 0.3 is 10.2 Å². The van der Waals surface area contributed by atoms with Crippen LogP contribution in [0.15, 0.2) is 22.6 Å². The van der Waals surface area contributed by atoms with E-state index in [-0.39, 0.29) is 5.84 Å². The molecule has 2 aliphatic heterocycles. The average Bonchev–Trinajstić information content (AvgIpc) is 2.87. The molecule has 0 unspecified atom stereocenters. The molecule has 0 saturated carbocycles. The molecule has 0 aliphatic carbocycles. The molecular weight excluding hydrogens is 280 g/mol. The molecular formula is C12H16N4O3S. The molecule has 4 N–H and O–H groups in total. The van der Waals surface area contributed by atoms with E-state index in [0.717, 1.165) is 19.4 Å². The summed E-state index contributed by atoms with van der Waals surface area (Å²) in [5.74, 6) is 0.494. The molecule has 108 valence electrons. The average molecular weight is 296 g/mol. The number of ether oxygens (including phenoxy) is 1. The predicted octanol–water partition coefficient (Wildman–Crippen LogP) is 0.193. The minimum atomic E-state index is -3.75. The second-order valence-corrected chi connectivity index (χ2v) is 6.17. The van der Waals surface area contributed by atoms with Crippen molar-refractivity contribution in [1.82, 2.24) is 5.32 Å². The number of anilines is 1. The standard InChI is InChI=1S/C12H16N4O3S/c13-12-11-9(15-20(17,18)16-12)4-1-5-10(11)19-7-8-3-2-6-14-8/h1,4-5,8,14-15H,2-3,6-7H2,(H2,13,16)/t8-/m1/s1. The van der Waals surface area contributed by atoms with Crippen LogP contribution in [0.1, 0.15) is 18.4 Å². The molecule has 1 aromatic carbocycles. The van der Waals surface area contributed by atoms with Crippen LogP contribution in [0.4, 0.5) is 5.69 Å². The van der Waals surface area contributed by atoms with Crippen LogP contribution >= 0.6 is 0 Å². The quantitative estimate of drug-likeness (QED) is 0.738. The van der Waals surface area contributed by atoms with Gasteiger partial charge in [-0.15, -0.1) is 4.40 Å². The summed E-state index contributed by atoms with van der Waals surface area (Å²) in [5, 5.41) is 3.33. The summed E-state index contributed by atoms with van der Waals surface area (Å²) in [4.78, 5) is 0. The first-order valence-corrected chi connectivity index (χ1v) is 7.87. The lowest BCUT2D eigenvalue weighted by Crippen LogP contribution is -2.30. The summed E-state index contributed by atoms with van der Waals surface area (Å²) in [7, 11) is -3.75. The molecule has 1 fully saturated rings. The van der Waals surface area contributed by atoms with Crippen LogP contribution in [0.25, 0.3) is 0 Å². The van der Waals surface area contributed by atoms with Gasteiger partial charge in [0.05, 0.1) is 11.3 Å². The highest BCUT2D eigenvalue weighted by Crippen LogP contribution is 2.30. The van der Waals surface area contributed by atoms with E-state index in [0.29, 0.717) is 29.6 Å². The number of nitrogens with zero attached hydrogens (tertiary/aromatic N) is 1. The summed E-state index contributed by atoms with van der Waals surface area (Å²) in [5.41, 5.74) is 6.64. The van der Waals surface area contributed by atoms with Crippen molar-refractivity contribution < 1.29 is 13.2 Å². The molecule has 20 heavy (non-hydrogen) atoms. The van der Waals surface area contributed by atoms with E-state index >= 15 is 0 Å². The summed E-state index contributed by atoms with van der Waals surface area (Å²) < 4.78 is 34.5. The maximum atomic E-state index is 11.5. The molecule has 0 bridgehead atoms. The fraction of sp³-hybridized carbons (Fsp3) is 0.417. The van der Waals surface area contributed by atoms with Gasteiger partial charge in [0.15, 0.2) is 5.84 Å². The number of amidine groups is 1. The predicted molar refractivity (Wildman–Crippen MR) is 76.2 cm³/mol. The van der Waals surface area contributed by atoms with Gasteiger partial charge in [-0.2, -0.15) is 8.42 Å². The zero-order chi connectivity index (χ0) is 14.2. The zero-order valence-corrected chi connectivity index (χ0v) is 11.6. The van der Waals surface area contributed by atoms with Crippen LogP contribution in [-0.4, -0.2) is 33.4 Å². The van der Waals surface area contributed by atoms with Gasteiger partial charge in [-0.25, -0.2) is 0 Å². The van der Waals surface area contributed by atoms with Crippen molar-refractivity contribution in [2.24, 2.45) is 10.1 Å². The van der Waals surface area contributed by atoms with E-state index in [2.05, 4.69) is 14.4 Å². The lowest BCUT2D eigenvalue weighted by Gasteiger charge is -2.20. The molecule has 8 heteroatoms. The van der Waals surface area contributed by atoms with Gasteiger partial charge in [-0.3, -0.25) is 4.72 Å². The Labute approximate surface area is 117 Å². The summed E-state index contributed by atoms with van der Waals surface area (Å²) in [6.45, 7) is 1.53. The third-order valence-electron chi connectivity index (χ3n) is 3.34. The van der Waals surface area contributed by atoms with Crippen molar-refractivity contribution in [2.45, 2.75) is 18.9 Å². The summed E-state index contributed by atoms with van der Waals surface area (Å²) in [6.07, 6.45) is 2.22. The van der Waals surface area contributed by atoms with Crippen molar-refractivity contribution in [3.8, 4) is 5.75 Å². The fourth-order valence-corrected chi connectivity index (χ4v) is 3.27. The second kappa shape index (κ2) is 4.95. The molecule has 1 aromatic rings. The van der Waals surface area contributed by atoms with Crippen LogP contribution in [0, 0.1) is 0 Å². The lowest BCUT2D eigenvalue weighted by molar-refractivity contribution is 0.277. The Morgan fingerprint density at radius 1 is 1.45 bits per heavy atom. The highest BCUT2D eigenvalue weighted by atomic mass is 32.2. The molecule has 1 atom stereocenters. The Balaban J connectivity index is 1.86. The normalized spacial score (nSPS) is 23.6. The second-order valence-electron chi connectivity index (χ2n) is 4.84. The van der Waals surface area contributed by atoms with Gasteiger partial charge in [-0.1, -0.05) is 6.07 Å². The van der Waals surface area contributed by atoms with Gasteiger partial charge in [0, 0.05) is 6.04 Å². The molecule has 0 amide bonds. The van der Waals surface area contributed by atoms with Crippen molar-refractivity contribution >= 4 is 21.7 Å². The molecule has 2 heterocycles. The third kappa shape index (κ3) is 2.56. The Morgan fingerprint density at radius 2 is 2.30 bits per heavy atom. The van der Waals surface area contributed by atoms with E-state index in [1.165, 1.54) is 0 Å². The number of rotatable bonds is 3. The molecule has 0 spiro atoms. The van der Waals surface area contributed by atoms with Gasteiger partial charge in [0.2, 0.25) is 0 Å². The monoisotopic (exact) mass is 296 g/mol. The molecule has 0 radical (unpaired) electrons. The third-order valence-corrected chi connectivity index (χ3v) is 4.26. The zero-order valence-electron chi connectivity index (χ0n) is 10.8. The number of hydrogen-bond acceptors (Lipinski definition) is 5. The largest absolute Gasteiger partial charge is 0.491 e. The molecule has 7 nitrogen and oxygen atoms in total. The molecule has 0 aromatic heterocycles. The van der Waals surface area contributed by atoms with Gasteiger partial charge in [-0.05, 0) is 31.5 Å². The van der Waals surface area contributed by atoms with Crippen LogP contribution in [0.2, 0.25) is 0 Å². The first kappa shape index (κ1) is 13.2. The topological polar surface area (TPSA) is 106 Å². The number of hydrogen-bond donors (Lipinski definition) is 3. The molecule has 3 rings (SSSR count). The Kier molecular flexibility index (Phi) is 3.27. The number of benzene rings is 1. The Morgan fingerprint density at radius 3 is 3.05 bits per heavy atom. The minimum absolute atomic E-state index is 0.0475. The first-order chi connectivity index (χ1) is 9.55. The summed E-state index contributed by atoms with van der Waals surface area (Å²) in [6, 6.07) is 5.44.